The second kappa shape index (κ2) is 14.2. The number of benzene rings is 4. The minimum absolute atomic E-state index is 0.0327. The third-order valence-corrected chi connectivity index (χ3v) is 7.75. The molecule has 0 heterocycles. The van der Waals surface area contributed by atoms with Crippen LogP contribution >= 0.6 is 27.5 Å². The lowest BCUT2D eigenvalue weighted by molar-refractivity contribution is 0.0954. The normalized spacial score (nSPS) is 11.2. The Balaban J connectivity index is 1.46. The number of nitrogens with zero attached hydrogens (tertiary/aromatic N) is 1. The van der Waals surface area contributed by atoms with Gasteiger partial charge in [-0.05, 0) is 88.6 Å². The highest BCUT2D eigenvalue weighted by atomic mass is 79.9. The van der Waals surface area contributed by atoms with Crippen molar-refractivity contribution in [3.63, 3.8) is 0 Å². The number of hydrazone groups is 1. The predicted octanol–water partition coefficient (Wildman–Crippen LogP) is 6.62. The summed E-state index contributed by atoms with van der Waals surface area (Å²) >= 11 is 9.21. The molecule has 9 nitrogen and oxygen atoms in total. The van der Waals surface area contributed by atoms with Gasteiger partial charge in [0.25, 0.3) is 5.91 Å². The zero-order chi connectivity index (χ0) is 30.1. The quantitative estimate of drug-likeness (QED) is 0.102. The Labute approximate surface area is 257 Å². The second-order valence-electron chi connectivity index (χ2n) is 8.59. The standard InChI is InChI=1S/C30H26BrClN2O7S/c1-3-39-28-16-21(15-25(31)29(28)41-42(36,37)24-12-10-23(32)11-13-24)18-33-34-30(35)22-9-14-26(27(17-22)38-2)40-19-20-7-5-4-6-8-20/h4-18H,3,19H2,1-2H3,(H,34,35)/b33-18+. The summed E-state index contributed by atoms with van der Waals surface area (Å²) in [6.07, 6.45) is 1.39. The molecular formula is C30H26BrClN2O7S. The molecule has 0 radical (unpaired) electrons. The van der Waals surface area contributed by atoms with E-state index in [0.29, 0.717) is 38.7 Å². The number of rotatable bonds is 12. The third-order valence-electron chi connectivity index (χ3n) is 5.67. The number of nitrogens with one attached hydrogen (secondary N) is 1. The van der Waals surface area contributed by atoms with E-state index < -0.39 is 16.0 Å². The molecule has 12 heteroatoms. The number of carbonyl (C=O) groups is 1. The summed E-state index contributed by atoms with van der Waals surface area (Å²) in [7, 11) is -2.68. The van der Waals surface area contributed by atoms with Gasteiger partial charge in [0.2, 0.25) is 0 Å². The van der Waals surface area contributed by atoms with Crippen molar-refractivity contribution in [3.05, 3.63) is 111 Å². The number of ether oxygens (including phenoxy) is 3. The molecule has 0 fully saturated rings. The number of hydrogen-bond donors (Lipinski definition) is 1. The Morgan fingerprint density at radius 2 is 1.69 bits per heavy atom. The molecule has 0 aliphatic rings. The summed E-state index contributed by atoms with van der Waals surface area (Å²) in [4.78, 5) is 12.7. The molecule has 0 atom stereocenters. The van der Waals surface area contributed by atoms with Gasteiger partial charge in [-0.15, -0.1) is 0 Å². The van der Waals surface area contributed by atoms with Crippen LogP contribution in [-0.2, 0) is 16.7 Å². The lowest BCUT2D eigenvalue weighted by Gasteiger charge is -2.14. The van der Waals surface area contributed by atoms with Crippen LogP contribution in [0.2, 0.25) is 5.02 Å². The summed E-state index contributed by atoms with van der Waals surface area (Å²) in [6.45, 7) is 2.34. The Morgan fingerprint density at radius 1 is 0.952 bits per heavy atom. The van der Waals surface area contributed by atoms with Crippen LogP contribution in [0.3, 0.4) is 0 Å². The number of carbonyl (C=O) groups excluding carboxylic acids is 1. The van der Waals surface area contributed by atoms with Gasteiger partial charge in [0.1, 0.15) is 11.5 Å². The smallest absolute Gasteiger partial charge is 0.339 e. The van der Waals surface area contributed by atoms with E-state index in [9.17, 15) is 13.2 Å². The second-order valence-corrected chi connectivity index (χ2v) is 11.4. The van der Waals surface area contributed by atoms with E-state index in [1.165, 1.54) is 37.6 Å². The number of methoxy groups -OCH3 is 1. The van der Waals surface area contributed by atoms with E-state index in [1.54, 1.807) is 37.3 Å². The van der Waals surface area contributed by atoms with Gasteiger partial charge in [-0.25, -0.2) is 5.43 Å². The molecule has 0 aliphatic carbocycles. The molecule has 0 unspecified atom stereocenters. The van der Waals surface area contributed by atoms with E-state index in [4.69, 9.17) is 30.0 Å². The highest BCUT2D eigenvalue weighted by Crippen LogP contribution is 2.38. The van der Waals surface area contributed by atoms with Crippen LogP contribution in [0.15, 0.2) is 99.4 Å². The van der Waals surface area contributed by atoms with E-state index in [-0.39, 0.29) is 23.0 Å². The molecule has 218 valence electrons. The number of amides is 1. The molecule has 0 spiro atoms. The van der Waals surface area contributed by atoms with Crippen LogP contribution in [0.1, 0.15) is 28.4 Å². The molecule has 4 aromatic rings. The molecular weight excluding hydrogens is 648 g/mol. The molecule has 0 saturated carbocycles. The fourth-order valence-corrected chi connectivity index (χ4v) is 5.39. The van der Waals surface area contributed by atoms with Crippen LogP contribution in [0, 0.1) is 0 Å². The van der Waals surface area contributed by atoms with Crippen molar-refractivity contribution in [2.45, 2.75) is 18.4 Å². The van der Waals surface area contributed by atoms with Gasteiger partial charge in [0.15, 0.2) is 23.0 Å². The average molecular weight is 674 g/mol. The van der Waals surface area contributed by atoms with E-state index in [0.717, 1.165) is 5.56 Å². The van der Waals surface area contributed by atoms with Crippen molar-refractivity contribution in [1.82, 2.24) is 5.43 Å². The van der Waals surface area contributed by atoms with Gasteiger partial charge >= 0.3 is 10.1 Å². The van der Waals surface area contributed by atoms with Crippen molar-refractivity contribution in [3.8, 4) is 23.0 Å². The zero-order valence-corrected chi connectivity index (χ0v) is 25.7. The van der Waals surface area contributed by atoms with Gasteiger partial charge in [-0.3, -0.25) is 4.79 Å². The van der Waals surface area contributed by atoms with Crippen LogP contribution in [-0.4, -0.2) is 34.3 Å². The fourth-order valence-electron chi connectivity index (χ4n) is 3.66. The summed E-state index contributed by atoms with van der Waals surface area (Å²) in [6, 6.07) is 23.2. The monoisotopic (exact) mass is 672 g/mol. The van der Waals surface area contributed by atoms with Gasteiger partial charge in [0, 0.05) is 10.6 Å². The summed E-state index contributed by atoms with van der Waals surface area (Å²) in [5, 5.41) is 4.42. The molecule has 4 aromatic carbocycles. The van der Waals surface area contributed by atoms with Crippen LogP contribution < -0.4 is 23.8 Å². The first kappa shape index (κ1) is 30.9. The highest BCUT2D eigenvalue weighted by molar-refractivity contribution is 9.10. The first-order valence-corrected chi connectivity index (χ1v) is 15.1. The molecule has 4 rings (SSSR count). The Hall–Kier alpha value is -4.06. The summed E-state index contributed by atoms with van der Waals surface area (Å²) in [5.41, 5.74) is 4.28. The SMILES string of the molecule is CCOc1cc(/C=N/NC(=O)c2ccc(OCc3ccccc3)c(OC)c2)cc(Br)c1OS(=O)(=O)c1ccc(Cl)cc1. The molecule has 0 aliphatic heterocycles. The topological polar surface area (TPSA) is 113 Å². The van der Waals surface area contributed by atoms with Gasteiger partial charge in [-0.1, -0.05) is 41.9 Å². The Kier molecular flexibility index (Phi) is 10.5. The molecule has 0 aromatic heterocycles. The molecule has 1 N–H and O–H groups in total. The van der Waals surface area contributed by atoms with Crippen LogP contribution in [0.4, 0.5) is 0 Å². The number of halogens is 2. The molecule has 0 saturated heterocycles. The molecule has 42 heavy (non-hydrogen) atoms. The lowest BCUT2D eigenvalue weighted by atomic mass is 10.2. The molecule has 1 amide bonds. The van der Waals surface area contributed by atoms with E-state index in [1.807, 2.05) is 30.3 Å². The van der Waals surface area contributed by atoms with Crippen molar-refractivity contribution < 1.29 is 31.6 Å². The minimum atomic E-state index is -4.17. The van der Waals surface area contributed by atoms with Gasteiger partial charge < -0.3 is 18.4 Å². The molecule has 0 bridgehead atoms. The predicted molar refractivity (Wildman–Crippen MR) is 163 cm³/mol. The van der Waals surface area contributed by atoms with E-state index >= 15 is 0 Å². The Bertz CT molecular complexity index is 1680. The van der Waals surface area contributed by atoms with Gasteiger partial charge in [0.05, 0.1) is 24.4 Å². The largest absolute Gasteiger partial charge is 0.493 e. The summed E-state index contributed by atoms with van der Waals surface area (Å²) in [5.74, 6) is 0.548. The van der Waals surface area contributed by atoms with E-state index in [2.05, 4.69) is 26.5 Å². The lowest BCUT2D eigenvalue weighted by Crippen LogP contribution is -2.17. The van der Waals surface area contributed by atoms with Gasteiger partial charge in [-0.2, -0.15) is 13.5 Å². The maximum absolute atomic E-state index is 12.8. The maximum Gasteiger partial charge on any atom is 0.339 e. The third kappa shape index (κ3) is 8.03. The summed E-state index contributed by atoms with van der Waals surface area (Å²) < 4.78 is 48.2. The van der Waals surface area contributed by atoms with Crippen molar-refractivity contribution in [2.24, 2.45) is 5.10 Å². The highest BCUT2D eigenvalue weighted by Gasteiger charge is 2.22. The fraction of sp³-hybridized carbons (Fsp3) is 0.133. The average Bonchev–Trinajstić information content (AvgIpc) is 2.98. The first-order valence-electron chi connectivity index (χ1n) is 12.5. The minimum Gasteiger partial charge on any atom is -0.493 e. The van der Waals surface area contributed by atoms with Crippen molar-refractivity contribution in [2.75, 3.05) is 13.7 Å². The van der Waals surface area contributed by atoms with Crippen molar-refractivity contribution in [1.29, 1.82) is 0 Å². The van der Waals surface area contributed by atoms with Crippen molar-refractivity contribution >= 4 is 49.8 Å². The zero-order valence-electron chi connectivity index (χ0n) is 22.5. The Morgan fingerprint density at radius 3 is 2.38 bits per heavy atom. The van der Waals surface area contributed by atoms with Crippen LogP contribution in [0.25, 0.3) is 0 Å². The van der Waals surface area contributed by atoms with Crippen LogP contribution in [0.5, 0.6) is 23.0 Å². The number of hydrogen-bond acceptors (Lipinski definition) is 8. The first-order chi connectivity index (χ1) is 20.2. The maximum atomic E-state index is 12.8.